The van der Waals surface area contributed by atoms with Crippen LogP contribution in [0.5, 0.6) is 0 Å². The number of nitrogens with two attached hydrogens (primary N) is 1. The molecule has 0 spiro atoms. The smallest absolute Gasteiger partial charge is 0.341 e. The number of carbonyl (C=O) groups is 1. The van der Waals surface area contributed by atoms with E-state index in [1.807, 2.05) is 6.07 Å². The van der Waals surface area contributed by atoms with Gasteiger partial charge in [-0.05, 0) is 30.3 Å². The summed E-state index contributed by atoms with van der Waals surface area (Å²) in [6, 6.07) is 10.2. The van der Waals surface area contributed by atoms with Crippen molar-refractivity contribution in [1.82, 2.24) is 0 Å². The first-order chi connectivity index (χ1) is 10.0. The molecule has 2 rings (SSSR count). The van der Waals surface area contributed by atoms with E-state index in [9.17, 15) is 9.18 Å². The number of nitrogens with zero attached hydrogens (tertiary/aromatic N) is 1. The summed E-state index contributed by atoms with van der Waals surface area (Å²) in [4.78, 5) is 11.8. The van der Waals surface area contributed by atoms with E-state index >= 15 is 0 Å². The van der Waals surface area contributed by atoms with Crippen LogP contribution in [0.1, 0.15) is 21.5 Å². The predicted molar refractivity (Wildman–Crippen MR) is 76.1 cm³/mol. The maximum Gasteiger partial charge on any atom is 0.341 e. The minimum absolute atomic E-state index is 0.127. The van der Waals surface area contributed by atoms with Crippen molar-refractivity contribution < 1.29 is 13.9 Å². The SMILES string of the molecule is N#Cc1ccc(COC(=O)c2cc(N)ccc2F)c(Cl)c1. The average Bonchev–Trinajstić information content (AvgIpc) is 2.48. The largest absolute Gasteiger partial charge is 0.457 e. The molecular weight excluding hydrogens is 295 g/mol. The Morgan fingerprint density at radius 1 is 1.33 bits per heavy atom. The predicted octanol–water partition coefficient (Wildman–Crippen LogP) is 3.29. The molecule has 2 aromatic carbocycles. The number of ether oxygens (including phenoxy) is 1. The second kappa shape index (κ2) is 6.25. The van der Waals surface area contributed by atoms with Gasteiger partial charge in [0.25, 0.3) is 0 Å². The Balaban J connectivity index is 2.11. The zero-order chi connectivity index (χ0) is 15.4. The number of benzene rings is 2. The van der Waals surface area contributed by atoms with Gasteiger partial charge in [0.2, 0.25) is 0 Å². The van der Waals surface area contributed by atoms with E-state index in [1.165, 1.54) is 18.2 Å². The number of rotatable bonds is 3. The van der Waals surface area contributed by atoms with Gasteiger partial charge in [0.15, 0.2) is 0 Å². The Hall–Kier alpha value is -2.58. The van der Waals surface area contributed by atoms with Crippen molar-refractivity contribution in [2.75, 3.05) is 5.73 Å². The van der Waals surface area contributed by atoms with Crippen molar-refractivity contribution in [3.8, 4) is 6.07 Å². The van der Waals surface area contributed by atoms with Crippen LogP contribution in [0.2, 0.25) is 5.02 Å². The van der Waals surface area contributed by atoms with E-state index in [2.05, 4.69) is 0 Å². The second-order valence-electron chi connectivity index (χ2n) is 4.23. The van der Waals surface area contributed by atoms with Crippen molar-refractivity contribution in [3.63, 3.8) is 0 Å². The molecule has 0 unspecified atom stereocenters. The van der Waals surface area contributed by atoms with Gasteiger partial charge in [-0.2, -0.15) is 5.26 Å². The molecule has 2 aromatic rings. The van der Waals surface area contributed by atoms with Crippen LogP contribution in [-0.2, 0) is 11.3 Å². The van der Waals surface area contributed by atoms with Crippen LogP contribution in [0, 0.1) is 17.1 Å². The summed E-state index contributed by atoms with van der Waals surface area (Å²) in [6.07, 6.45) is 0. The number of esters is 1. The minimum atomic E-state index is -0.833. The standard InChI is InChI=1S/C15H10ClFN2O2/c16-13-5-9(7-18)1-2-10(13)8-21-15(20)12-6-11(19)3-4-14(12)17/h1-6H,8,19H2. The van der Waals surface area contributed by atoms with Crippen molar-refractivity contribution >= 4 is 23.3 Å². The van der Waals surface area contributed by atoms with Gasteiger partial charge < -0.3 is 10.5 Å². The average molecular weight is 305 g/mol. The molecule has 6 heteroatoms. The topological polar surface area (TPSA) is 76.1 Å². The fourth-order valence-corrected chi connectivity index (χ4v) is 1.89. The molecule has 21 heavy (non-hydrogen) atoms. The molecule has 0 saturated carbocycles. The highest BCUT2D eigenvalue weighted by molar-refractivity contribution is 6.31. The van der Waals surface area contributed by atoms with Crippen LogP contribution >= 0.6 is 11.6 Å². The van der Waals surface area contributed by atoms with Crippen LogP contribution in [0.3, 0.4) is 0 Å². The second-order valence-corrected chi connectivity index (χ2v) is 4.64. The zero-order valence-corrected chi connectivity index (χ0v) is 11.5. The first kappa shape index (κ1) is 14.8. The van der Waals surface area contributed by atoms with Gasteiger partial charge >= 0.3 is 5.97 Å². The number of hydrogen-bond donors (Lipinski definition) is 1. The first-order valence-electron chi connectivity index (χ1n) is 5.92. The van der Waals surface area contributed by atoms with E-state index < -0.39 is 11.8 Å². The van der Waals surface area contributed by atoms with Crippen LogP contribution in [0.25, 0.3) is 0 Å². The summed E-state index contributed by atoms with van der Waals surface area (Å²) in [5.74, 6) is -1.54. The lowest BCUT2D eigenvalue weighted by atomic mass is 10.1. The highest BCUT2D eigenvalue weighted by Gasteiger charge is 2.14. The minimum Gasteiger partial charge on any atom is -0.457 e. The number of carbonyl (C=O) groups excluding carboxylic acids is 1. The Morgan fingerprint density at radius 2 is 2.10 bits per heavy atom. The summed E-state index contributed by atoms with van der Waals surface area (Å²) >= 11 is 5.96. The third-order valence-electron chi connectivity index (χ3n) is 2.75. The Kier molecular flexibility index (Phi) is 4.41. The summed E-state index contributed by atoms with van der Waals surface area (Å²) in [5, 5.41) is 9.03. The molecule has 0 aromatic heterocycles. The molecule has 0 aliphatic heterocycles. The Morgan fingerprint density at radius 3 is 2.76 bits per heavy atom. The van der Waals surface area contributed by atoms with Crippen molar-refractivity contribution in [3.05, 3.63) is 63.9 Å². The van der Waals surface area contributed by atoms with Gasteiger partial charge in [0, 0.05) is 16.3 Å². The maximum atomic E-state index is 13.5. The molecule has 0 bridgehead atoms. The highest BCUT2D eigenvalue weighted by atomic mass is 35.5. The molecule has 2 N–H and O–H groups in total. The highest BCUT2D eigenvalue weighted by Crippen LogP contribution is 2.20. The monoisotopic (exact) mass is 304 g/mol. The summed E-state index contributed by atoms with van der Waals surface area (Å²) in [6.45, 7) is -0.127. The number of nitrogen functional groups attached to an aromatic ring is 1. The number of anilines is 1. The third kappa shape index (κ3) is 3.50. The molecule has 4 nitrogen and oxygen atoms in total. The lowest BCUT2D eigenvalue weighted by Crippen LogP contribution is -2.08. The van der Waals surface area contributed by atoms with Gasteiger partial charge in [0.1, 0.15) is 12.4 Å². The molecule has 0 saturated heterocycles. The lowest BCUT2D eigenvalue weighted by molar-refractivity contribution is 0.0467. The van der Waals surface area contributed by atoms with E-state index in [-0.39, 0.29) is 17.9 Å². The van der Waals surface area contributed by atoms with E-state index in [0.29, 0.717) is 16.1 Å². The van der Waals surface area contributed by atoms with Crippen LogP contribution in [0.15, 0.2) is 36.4 Å². The van der Waals surface area contributed by atoms with E-state index in [1.54, 1.807) is 12.1 Å². The third-order valence-corrected chi connectivity index (χ3v) is 3.10. The van der Waals surface area contributed by atoms with Crippen molar-refractivity contribution in [2.45, 2.75) is 6.61 Å². The molecule has 0 heterocycles. The Labute approximate surface area is 125 Å². The summed E-state index contributed by atoms with van der Waals surface area (Å²) < 4.78 is 18.5. The molecule has 0 aliphatic rings. The molecule has 0 aliphatic carbocycles. The number of halogens is 2. The molecule has 0 radical (unpaired) electrons. The molecule has 0 fully saturated rings. The van der Waals surface area contributed by atoms with Gasteiger partial charge in [-0.3, -0.25) is 0 Å². The number of hydrogen-bond acceptors (Lipinski definition) is 4. The van der Waals surface area contributed by atoms with Crippen LogP contribution < -0.4 is 5.73 Å². The van der Waals surface area contributed by atoms with Gasteiger partial charge in [-0.15, -0.1) is 0 Å². The molecule has 0 atom stereocenters. The van der Waals surface area contributed by atoms with Gasteiger partial charge in [-0.25, -0.2) is 9.18 Å². The number of nitriles is 1. The summed E-state index contributed by atoms with van der Waals surface area (Å²) in [5.41, 5.74) is 6.45. The van der Waals surface area contributed by atoms with E-state index in [4.69, 9.17) is 27.3 Å². The normalized spacial score (nSPS) is 9.95. The van der Waals surface area contributed by atoms with Gasteiger partial charge in [0.05, 0.1) is 17.2 Å². The maximum absolute atomic E-state index is 13.5. The van der Waals surface area contributed by atoms with Crippen LogP contribution in [-0.4, -0.2) is 5.97 Å². The van der Waals surface area contributed by atoms with Gasteiger partial charge in [-0.1, -0.05) is 17.7 Å². The van der Waals surface area contributed by atoms with Crippen LogP contribution in [0.4, 0.5) is 10.1 Å². The molecule has 0 amide bonds. The molecular formula is C15H10ClFN2O2. The van der Waals surface area contributed by atoms with E-state index in [0.717, 1.165) is 6.07 Å². The fraction of sp³-hybridized carbons (Fsp3) is 0.0667. The lowest BCUT2D eigenvalue weighted by Gasteiger charge is -2.08. The van der Waals surface area contributed by atoms with Crippen molar-refractivity contribution in [2.24, 2.45) is 0 Å². The van der Waals surface area contributed by atoms with Crippen molar-refractivity contribution in [1.29, 1.82) is 5.26 Å². The quantitative estimate of drug-likeness (QED) is 0.697. The summed E-state index contributed by atoms with van der Waals surface area (Å²) in [7, 11) is 0. The molecule has 106 valence electrons. The first-order valence-corrected chi connectivity index (χ1v) is 6.29. The Bertz CT molecular complexity index is 741. The zero-order valence-electron chi connectivity index (χ0n) is 10.8. The fourth-order valence-electron chi connectivity index (χ4n) is 1.65.